The third-order valence-electron chi connectivity index (χ3n) is 6.69. The predicted molar refractivity (Wildman–Crippen MR) is 131 cm³/mol. The van der Waals surface area contributed by atoms with Crippen LogP contribution < -0.4 is 20.7 Å². The van der Waals surface area contributed by atoms with Crippen LogP contribution in [0.25, 0.3) is 10.9 Å². The fourth-order valence-corrected chi connectivity index (χ4v) is 4.99. The van der Waals surface area contributed by atoms with E-state index in [1.54, 1.807) is 0 Å². The molecule has 11 heteroatoms. The number of amides is 3. The Kier molecular flexibility index (Phi) is 7.14. The van der Waals surface area contributed by atoms with Crippen molar-refractivity contribution in [3.8, 4) is 11.8 Å². The van der Waals surface area contributed by atoms with Gasteiger partial charge in [0.2, 0.25) is 11.8 Å². The molecule has 4 rings (SSSR count). The van der Waals surface area contributed by atoms with E-state index >= 15 is 0 Å². The molecule has 2 aliphatic rings. The minimum atomic E-state index is -0.872. The van der Waals surface area contributed by atoms with Crippen LogP contribution in [-0.2, 0) is 9.59 Å². The molecule has 0 spiro atoms. The van der Waals surface area contributed by atoms with Gasteiger partial charge < -0.3 is 25.7 Å². The van der Waals surface area contributed by atoms with Crippen molar-refractivity contribution < 1.29 is 23.5 Å². The van der Waals surface area contributed by atoms with Crippen LogP contribution in [0.4, 0.5) is 4.39 Å². The highest BCUT2D eigenvalue weighted by Crippen LogP contribution is 2.36. The maximum atomic E-state index is 14.1. The number of methoxy groups -OCH3 is 1. The average molecular weight is 518 g/mol. The molecule has 1 aliphatic carbocycles. The van der Waals surface area contributed by atoms with Crippen molar-refractivity contribution in [3.63, 3.8) is 0 Å². The van der Waals surface area contributed by atoms with E-state index < -0.39 is 29.7 Å². The highest BCUT2D eigenvalue weighted by molar-refractivity contribution is 6.33. The SMILES string of the molecule is COc1c(Cl)c(F)cc2[nH]c(C(=O)NC(CC3CC3)C(=O)NC(C#N)CC3CC(C)(C)NC3=O)cc12. The lowest BCUT2D eigenvalue weighted by atomic mass is 9.92. The molecule has 0 radical (unpaired) electrons. The number of aromatic amines is 1. The summed E-state index contributed by atoms with van der Waals surface area (Å²) < 4.78 is 19.3. The van der Waals surface area contributed by atoms with Crippen molar-refractivity contribution in [2.75, 3.05) is 7.11 Å². The van der Waals surface area contributed by atoms with Gasteiger partial charge in [-0.05, 0) is 51.2 Å². The van der Waals surface area contributed by atoms with Gasteiger partial charge in [0.15, 0.2) is 0 Å². The largest absolute Gasteiger partial charge is 0.494 e. The van der Waals surface area contributed by atoms with Gasteiger partial charge in [-0.25, -0.2) is 4.39 Å². The minimum absolute atomic E-state index is 0.102. The number of nitrogens with zero attached hydrogens (tertiary/aromatic N) is 1. The Hall–Kier alpha value is -3.32. The van der Waals surface area contributed by atoms with Crippen LogP contribution in [0, 0.1) is 29.0 Å². The van der Waals surface area contributed by atoms with Gasteiger partial charge in [0.1, 0.15) is 34.4 Å². The molecule has 9 nitrogen and oxygen atoms in total. The van der Waals surface area contributed by atoms with Gasteiger partial charge >= 0.3 is 0 Å². The van der Waals surface area contributed by atoms with Gasteiger partial charge in [0.25, 0.3) is 5.91 Å². The summed E-state index contributed by atoms with van der Waals surface area (Å²) in [6, 6.07) is 2.98. The molecule has 0 bridgehead atoms. The Labute approximate surface area is 213 Å². The monoisotopic (exact) mass is 517 g/mol. The molecule has 4 N–H and O–H groups in total. The number of nitriles is 1. The lowest BCUT2D eigenvalue weighted by Crippen LogP contribution is -2.50. The third-order valence-corrected chi connectivity index (χ3v) is 7.04. The highest BCUT2D eigenvalue weighted by Gasteiger charge is 2.39. The standard InChI is InChI=1S/C25H29ClFN5O4/c1-25(2)10-13(22(33)32-25)7-14(11-28)29-23(34)18(6-12-4-5-12)31-24(35)19-8-15-17(30-19)9-16(27)20(26)21(15)36-3/h8-9,12-14,18,30H,4-7,10H2,1-3H3,(H,29,34)(H,31,35)(H,32,33). The number of benzene rings is 1. The van der Waals surface area contributed by atoms with E-state index in [4.69, 9.17) is 16.3 Å². The van der Waals surface area contributed by atoms with Crippen LogP contribution in [0.5, 0.6) is 5.75 Å². The number of halogens is 2. The predicted octanol–water partition coefficient (Wildman–Crippen LogP) is 3.18. The maximum Gasteiger partial charge on any atom is 0.268 e. The summed E-state index contributed by atoms with van der Waals surface area (Å²) in [6.07, 6.45) is 3.10. The number of rotatable bonds is 9. The highest BCUT2D eigenvalue weighted by atomic mass is 35.5. The van der Waals surface area contributed by atoms with Gasteiger partial charge in [-0.3, -0.25) is 14.4 Å². The Balaban J connectivity index is 1.47. The number of ether oxygens (including phenoxy) is 1. The molecule has 2 aromatic rings. The number of H-pyrrole nitrogens is 1. The summed E-state index contributed by atoms with van der Waals surface area (Å²) in [6.45, 7) is 3.82. The summed E-state index contributed by atoms with van der Waals surface area (Å²) >= 11 is 5.98. The second kappa shape index (κ2) is 9.97. The van der Waals surface area contributed by atoms with E-state index in [2.05, 4.69) is 27.0 Å². The number of fused-ring (bicyclic) bond motifs is 1. The summed E-state index contributed by atoms with van der Waals surface area (Å²) in [5.41, 5.74) is 0.0774. The maximum absolute atomic E-state index is 14.1. The number of hydrogen-bond donors (Lipinski definition) is 4. The Morgan fingerprint density at radius 1 is 1.31 bits per heavy atom. The first kappa shape index (κ1) is 25.8. The van der Waals surface area contributed by atoms with Gasteiger partial charge in [-0.2, -0.15) is 5.26 Å². The van der Waals surface area contributed by atoms with E-state index in [0.29, 0.717) is 29.7 Å². The number of carbonyl (C=O) groups is 3. The van der Waals surface area contributed by atoms with Crippen molar-refractivity contribution in [1.29, 1.82) is 5.26 Å². The van der Waals surface area contributed by atoms with E-state index in [0.717, 1.165) is 12.8 Å². The van der Waals surface area contributed by atoms with Crippen LogP contribution in [0.3, 0.4) is 0 Å². The molecular weight excluding hydrogens is 489 g/mol. The number of nitrogens with one attached hydrogen (secondary N) is 4. The lowest BCUT2D eigenvalue weighted by molar-refractivity contribution is -0.125. The van der Waals surface area contributed by atoms with Gasteiger partial charge in [0.05, 0.1) is 18.7 Å². The number of aromatic nitrogens is 1. The normalized spacial score (nSPS) is 20.3. The fourth-order valence-electron chi connectivity index (χ4n) is 4.75. The van der Waals surface area contributed by atoms with Crippen LogP contribution in [-0.4, -0.2) is 47.4 Å². The Morgan fingerprint density at radius 2 is 2.03 bits per heavy atom. The first-order valence-electron chi connectivity index (χ1n) is 11.9. The van der Waals surface area contributed by atoms with Crippen molar-refractivity contribution in [1.82, 2.24) is 20.9 Å². The molecule has 2 heterocycles. The molecular formula is C25H29ClFN5O4. The average Bonchev–Trinajstić information content (AvgIpc) is 3.47. The summed E-state index contributed by atoms with van der Waals surface area (Å²) in [5, 5.41) is 18.2. The van der Waals surface area contributed by atoms with Crippen LogP contribution in [0.15, 0.2) is 12.1 Å². The molecule has 1 saturated heterocycles. The Bertz CT molecular complexity index is 1250. The number of hydrogen-bond acceptors (Lipinski definition) is 5. The fraction of sp³-hybridized carbons (Fsp3) is 0.520. The second-order valence-corrected chi connectivity index (χ2v) is 10.6. The van der Waals surface area contributed by atoms with Crippen molar-refractivity contribution in [3.05, 3.63) is 28.7 Å². The van der Waals surface area contributed by atoms with Crippen LogP contribution in [0.2, 0.25) is 5.02 Å². The van der Waals surface area contributed by atoms with E-state index in [1.807, 2.05) is 13.8 Å². The number of carbonyl (C=O) groups excluding carboxylic acids is 3. The summed E-state index contributed by atoms with van der Waals surface area (Å²) in [7, 11) is 1.35. The van der Waals surface area contributed by atoms with E-state index in [1.165, 1.54) is 19.2 Å². The van der Waals surface area contributed by atoms with E-state index in [-0.39, 0.29) is 40.3 Å². The van der Waals surface area contributed by atoms with Gasteiger partial charge in [0, 0.05) is 16.8 Å². The molecule has 2 fully saturated rings. The lowest BCUT2D eigenvalue weighted by Gasteiger charge is -2.21. The first-order valence-corrected chi connectivity index (χ1v) is 12.3. The molecule has 1 aliphatic heterocycles. The van der Waals surface area contributed by atoms with Crippen molar-refractivity contribution >= 4 is 40.2 Å². The molecule has 1 aromatic carbocycles. The van der Waals surface area contributed by atoms with E-state index in [9.17, 15) is 24.0 Å². The molecule has 3 atom stereocenters. The van der Waals surface area contributed by atoms with Gasteiger partial charge in [-0.15, -0.1) is 0 Å². The Morgan fingerprint density at radius 3 is 2.61 bits per heavy atom. The molecule has 3 unspecified atom stereocenters. The minimum Gasteiger partial charge on any atom is -0.494 e. The zero-order valence-electron chi connectivity index (χ0n) is 20.3. The third kappa shape index (κ3) is 5.57. The van der Waals surface area contributed by atoms with Crippen LogP contribution in [0.1, 0.15) is 56.4 Å². The summed E-state index contributed by atoms with van der Waals surface area (Å²) in [4.78, 5) is 41.2. The molecule has 1 saturated carbocycles. The topological polar surface area (TPSA) is 136 Å². The van der Waals surface area contributed by atoms with Crippen molar-refractivity contribution in [2.45, 2.75) is 63.6 Å². The summed E-state index contributed by atoms with van der Waals surface area (Å²) in [5.74, 6) is -1.84. The van der Waals surface area contributed by atoms with Crippen molar-refractivity contribution in [2.24, 2.45) is 11.8 Å². The molecule has 192 valence electrons. The zero-order valence-corrected chi connectivity index (χ0v) is 21.1. The molecule has 3 amide bonds. The smallest absolute Gasteiger partial charge is 0.268 e. The first-order chi connectivity index (χ1) is 17.0. The molecule has 36 heavy (non-hydrogen) atoms. The quantitative estimate of drug-likeness (QED) is 0.405. The van der Waals surface area contributed by atoms with Gasteiger partial charge in [-0.1, -0.05) is 24.4 Å². The zero-order chi connectivity index (χ0) is 26.2. The second-order valence-electron chi connectivity index (χ2n) is 10.3. The molecule has 1 aromatic heterocycles. The van der Waals surface area contributed by atoms with Crippen LogP contribution >= 0.6 is 11.6 Å².